The van der Waals surface area contributed by atoms with Crippen molar-refractivity contribution in [3.05, 3.63) is 29.8 Å². The zero-order chi connectivity index (χ0) is 18.0. The molecule has 142 valence electrons. The van der Waals surface area contributed by atoms with E-state index in [-0.39, 0.29) is 0 Å². The summed E-state index contributed by atoms with van der Waals surface area (Å²) in [4.78, 5) is 14.6. The SMILES string of the molecule is COc1ccc(C2(CN3CCC(NC(=O)C4CC4)CC3)CCCC2)cc1. The number of nitrogens with zero attached hydrogens (tertiary/aromatic N) is 1. The van der Waals surface area contributed by atoms with Crippen LogP contribution in [0.5, 0.6) is 5.75 Å². The molecule has 4 nitrogen and oxygen atoms in total. The largest absolute Gasteiger partial charge is 0.497 e. The average molecular weight is 357 g/mol. The zero-order valence-electron chi connectivity index (χ0n) is 16.0. The summed E-state index contributed by atoms with van der Waals surface area (Å²) < 4.78 is 5.33. The van der Waals surface area contributed by atoms with Gasteiger partial charge in [-0.05, 0) is 56.2 Å². The second-order valence-electron chi connectivity index (χ2n) is 8.55. The molecule has 0 radical (unpaired) electrons. The van der Waals surface area contributed by atoms with Crippen LogP contribution in [0, 0.1) is 5.92 Å². The molecule has 0 unspecified atom stereocenters. The lowest BCUT2D eigenvalue weighted by atomic mass is 9.78. The Kier molecular flexibility index (Phi) is 5.21. The van der Waals surface area contributed by atoms with Crippen LogP contribution in [0.3, 0.4) is 0 Å². The molecule has 3 aliphatic rings. The minimum Gasteiger partial charge on any atom is -0.497 e. The third-order valence-electron chi connectivity index (χ3n) is 6.67. The lowest BCUT2D eigenvalue weighted by Gasteiger charge is -2.39. The number of ether oxygens (including phenoxy) is 1. The molecule has 1 aromatic rings. The third-order valence-corrected chi connectivity index (χ3v) is 6.67. The molecule has 1 aliphatic heterocycles. The molecule has 4 rings (SSSR count). The molecule has 4 heteroatoms. The summed E-state index contributed by atoms with van der Waals surface area (Å²) in [5.41, 5.74) is 1.77. The Morgan fingerprint density at radius 2 is 1.77 bits per heavy atom. The summed E-state index contributed by atoms with van der Waals surface area (Å²) in [6.07, 6.45) is 9.62. The quantitative estimate of drug-likeness (QED) is 0.848. The number of methoxy groups -OCH3 is 1. The number of benzene rings is 1. The lowest BCUT2D eigenvalue weighted by Crippen LogP contribution is -2.48. The molecule has 1 N–H and O–H groups in total. The number of piperidine rings is 1. The summed E-state index contributed by atoms with van der Waals surface area (Å²) in [6, 6.07) is 9.14. The van der Waals surface area contributed by atoms with Crippen LogP contribution >= 0.6 is 0 Å². The van der Waals surface area contributed by atoms with Gasteiger partial charge in [0.1, 0.15) is 5.75 Å². The number of rotatable bonds is 6. The molecular weight excluding hydrogens is 324 g/mol. The van der Waals surface area contributed by atoms with Crippen LogP contribution < -0.4 is 10.1 Å². The summed E-state index contributed by atoms with van der Waals surface area (Å²) in [5.74, 6) is 1.56. The van der Waals surface area contributed by atoms with Crippen molar-refractivity contribution in [2.45, 2.75) is 62.8 Å². The number of likely N-dealkylation sites (tertiary alicyclic amines) is 1. The second-order valence-corrected chi connectivity index (χ2v) is 8.55. The first-order valence-corrected chi connectivity index (χ1v) is 10.4. The fourth-order valence-corrected chi connectivity index (χ4v) is 4.86. The molecule has 1 aromatic carbocycles. The molecule has 0 aromatic heterocycles. The standard InChI is InChI=1S/C22H32N2O2/c1-26-20-8-6-18(7-9-20)22(12-2-3-13-22)16-24-14-10-19(11-15-24)23-21(25)17-4-5-17/h6-9,17,19H,2-5,10-16H2,1H3,(H,23,25). The highest BCUT2D eigenvalue weighted by atomic mass is 16.5. The highest BCUT2D eigenvalue weighted by Crippen LogP contribution is 2.42. The van der Waals surface area contributed by atoms with E-state index in [2.05, 4.69) is 34.5 Å². The van der Waals surface area contributed by atoms with Gasteiger partial charge in [0.25, 0.3) is 0 Å². The van der Waals surface area contributed by atoms with Gasteiger partial charge in [0, 0.05) is 37.0 Å². The predicted octanol–water partition coefficient (Wildman–Crippen LogP) is 3.50. The number of hydrogen-bond donors (Lipinski definition) is 1. The van der Waals surface area contributed by atoms with E-state index in [0.717, 1.165) is 51.1 Å². The van der Waals surface area contributed by atoms with Gasteiger partial charge in [-0.25, -0.2) is 0 Å². The molecule has 1 saturated heterocycles. The van der Waals surface area contributed by atoms with Gasteiger partial charge in [-0.15, -0.1) is 0 Å². The molecule has 2 aliphatic carbocycles. The van der Waals surface area contributed by atoms with Crippen molar-refractivity contribution in [2.24, 2.45) is 5.92 Å². The van der Waals surface area contributed by atoms with E-state index in [1.807, 2.05) is 0 Å². The Hall–Kier alpha value is -1.55. The monoisotopic (exact) mass is 356 g/mol. The first-order valence-electron chi connectivity index (χ1n) is 10.4. The topological polar surface area (TPSA) is 41.6 Å². The van der Waals surface area contributed by atoms with E-state index in [1.165, 1.54) is 31.2 Å². The normalized spacial score (nSPS) is 23.7. The number of nitrogens with one attached hydrogen (secondary N) is 1. The minimum absolute atomic E-state index is 0.300. The summed E-state index contributed by atoms with van der Waals surface area (Å²) >= 11 is 0. The smallest absolute Gasteiger partial charge is 0.223 e. The number of carbonyl (C=O) groups excluding carboxylic acids is 1. The van der Waals surface area contributed by atoms with Crippen LogP contribution in [0.2, 0.25) is 0 Å². The highest BCUT2D eigenvalue weighted by molar-refractivity contribution is 5.81. The Bertz CT molecular complexity index is 610. The maximum absolute atomic E-state index is 12.0. The summed E-state index contributed by atoms with van der Waals surface area (Å²) in [7, 11) is 1.73. The van der Waals surface area contributed by atoms with Crippen LogP contribution in [-0.2, 0) is 10.2 Å². The van der Waals surface area contributed by atoms with Gasteiger partial charge >= 0.3 is 0 Å². The third kappa shape index (κ3) is 3.90. The summed E-state index contributed by atoms with van der Waals surface area (Å²) in [5, 5.41) is 3.27. The first kappa shape index (κ1) is 17.8. The van der Waals surface area contributed by atoms with Crippen molar-refractivity contribution >= 4 is 5.91 Å². The predicted molar refractivity (Wildman–Crippen MR) is 103 cm³/mol. The zero-order valence-corrected chi connectivity index (χ0v) is 16.0. The maximum Gasteiger partial charge on any atom is 0.223 e. The molecule has 0 bridgehead atoms. The molecule has 2 saturated carbocycles. The number of amides is 1. The molecule has 1 heterocycles. The van der Waals surface area contributed by atoms with E-state index >= 15 is 0 Å². The van der Waals surface area contributed by atoms with Gasteiger partial charge in [-0.1, -0.05) is 25.0 Å². The van der Waals surface area contributed by atoms with Crippen LogP contribution in [0.4, 0.5) is 0 Å². The fraction of sp³-hybridized carbons (Fsp3) is 0.682. The van der Waals surface area contributed by atoms with Crippen molar-refractivity contribution in [2.75, 3.05) is 26.7 Å². The van der Waals surface area contributed by atoms with Gasteiger partial charge in [0.05, 0.1) is 7.11 Å². The van der Waals surface area contributed by atoms with E-state index < -0.39 is 0 Å². The highest BCUT2D eigenvalue weighted by Gasteiger charge is 2.38. The number of carbonyl (C=O) groups is 1. The van der Waals surface area contributed by atoms with Gasteiger partial charge in [-0.3, -0.25) is 4.79 Å². The Labute approximate surface area is 157 Å². The maximum atomic E-state index is 12.0. The average Bonchev–Trinajstić information content (AvgIpc) is 3.43. The Morgan fingerprint density at radius 3 is 2.35 bits per heavy atom. The van der Waals surface area contributed by atoms with E-state index in [0.29, 0.717) is 23.3 Å². The van der Waals surface area contributed by atoms with Crippen LogP contribution in [0.1, 0.15) is 56.9 Å². The van der Waals surface area contributed by atoms with Gasteiger partial charge in [-0.2, -0.15) is 0 Å². The Morgan fingerprint density at radius 1 is 1.12 bits per heavy atom. The first-order chi connectivity index (χ1) is 12.7. The van der Waals surface area contributed by atoms with Crippen LogP contribution in [-0.4, -0.2) is 43.6 Å². The fourth-order valence-electron chi connectivity index (χ4n) is 4.86. The van der Waals surface area contributed by atoms with Gasteiger partial charge in [0.15, 0.2) is 0 Å². The van der Waals surface area contributed by atoms with Crippen LogP contribution in [0.25, 0.3) is 0 Å². The molecule has 0 atom stereocenters. The van der Waals surface area contributed by atoms with E-state index in [4.69, 9.17) is 4.74 Å². The Balaban J connectivity index is 1.35. The van der Waals surface area contributed by atoms with E-state index in [9.17, 15) is 4.79 Å². The number of hydrogen-bond acceptors (Lipinski definition) is 3. The lowest BCUT2D eigenvalue weighted by molar-refractivity contribution is -0.123. The van der Waals surface area contributed by atoms with Crippen molar-refractivity contribution < 1.29 is 9.53 Å². The van der Waals surface area contributed by atoms with Crippen molar-refractivity contribution in [3.63, 3.8) is 0 Å². The molecule has 0 spiro atoms. The molecule has 1 amide bonds. The minimum atomic E-state index is 0.300. The van der Waals surface area contributed by atoms with Crippen molar-refractivity contribution in [1.82, 2.24) is 10.2 Å². The molecular formula is C22H32N2O2. The van der Waals surface area contributed by atoms with Gasteiger partial charge in [0.2, 0.25) is 5.91 Å². The second kappa shape index (κ2) is 7.59. The van der Waals surface area contributed by atoms with E-state index in [1.54, 1.807) is 7.11 Å². The molecule has 3 fully saturated rings. The summed E-state index contributed by atoms with van der Waals surface area (Å²) in [6.45, 7) is 3.36. The van der Waals surface area contributed by atoms with Crippen LogP contribution in [0.15, 0.2) is 24.3 Å². The van der Waals surface area contributed by atoms with Crippen molar-refractivity contribution in [1.29, 1.82) is 0 Å². The van der Waals surface area contributed by atoms with Gasteiger partial charge < -0.3 is 15.0 Å². The molecule has 26 heavy (non-hydrogen) atoms. The van der Waals surface area contributed by atoms with Crippen molar-refractivity contribution in [3.8, 4) is 5.75 Å².